The van der Waals surface area contributed by atoms with Crippen LogP contribution in [0.25, 0.3) is 0 Å². The SMILES string of the molecule is CC(C)(C)OC(=O)N1C[C@H]2C[C@@H]1[C@H](c1cccc(N)c1)O2. The van der Waals surface area contributed by atoms with Crippen LogP contribution in [0.4, 0.5) is 10.5 Å². The van der Waals surface area contributed by atoms with Crippen molar-refractivity contribution in [1.82, 2.24) is 4.90 Å². The Hall–Kier alpha value is -1.75. The summed E-state index contributed by atoms with van der Waals surface area (Å²) in [5.74, 6) is 0. The average Bonchev–Trinajstić information content (AvgIpc) is 2.96. The number of nitrogens with zero attached hydrogens (tertiary/aromatic N) is 1. The van der Waals surface area contributed by atoms with Gasteiger partial charge in [0.25, 0.3) is 0 Å². The molecule has 2 N–H and O–H groups in total. The second-order valence-electron chi connectivity index (χ2n) is 6.78. The fraction of sp³-hybridized carbons (Fsp3) is 0.562. The van der Waals surface area contributed by atoms with Crippen LogP contribution in [0.3, 0.4) is 0 Å². The highest BCUT2D eigenvalue weighted by Gasteiger charge is 2.49. The van der Waals surface area contributed by atoms with Gasteiger partial charge in [-0.1, -0.05) is 12.1 Å². The minimum atomic E-state index is -0.480. The molecule has 114 valence electrons. The Morgan fingerprint density at radius 2 is 2.19 bits per heavy atom. The summed E-state index contributed by atoms with van der Waals surface area (Å²) < 4.78 is 11.5. The van der Waals surface area contributed by atoms with Crippen LogP contribution in [0.5, 0.6) is 0 Å². The molecule has 2 saturated heterocycles. The van der Waals surface area contributed by atoms with E-state index in [0.717, 1.165) is 12.0 Å². The monoisotopic (exact) mass is 290 g/mol. The Morgan fingerprint density at radius 1 is 1.43 bits per heavy atom. The number of nitrogen functional groups attached to an aromatic ring is 1. The first-order chi connectivity index (χ1) is 9.83. The number of likely N-dealkylation sites (tertiary alicyclic amines) is 1. The molecule has 2 aliphatic heterocycles. The molecule has 0 aliphatic carbocycles. The van der Waals surface area contributed by atoms with Crippen LogP contribution < -0.4 is 5.73 Å². The number of hydrogen-bond donors (Lipinski definition) is 1. The van der Waals surface area contributed by atoms with Gasteiger partial charge in [0.1, 0.15) is 11.7 Å². The zero-order valence-electron chi connectivity index (χ0n) is 12.7. The van der Waals surface area contributed by atoms with Crippen LogP contribution in [0, 0.1) is 0 Å². The van der Waals surface area contributed by atoms with E-state index in [4.69, 9.17) is 15.2 Å². The number of carbonyl (C=O) groups excluding carboxylic acids is 1. The molecule has 1 amide bonds. The molecule has 1 aromatic carbocycles. The van der Waals surface area contributed by atoms with E-state index in [1.807, 2.05) is 45.0 Å². The number of anilines is 1. The molecular weight excluding hydrogens is 268 g/mol. The van der Waals surface area contributed by atoms with Gasteiger partial charge in [0.15, 0.2) is 0 Å². The Balaban J connectivity index is 1.77. The molecule has 5 heteroatoms. The van der Waals surface area contributed by atoms with Gasteiger partial charge < -0.3 is 15.2 Å². The maximum atomic E-state index is 12.3. The number of benzene rings is 1. The molecule has 3 atom stereocenters. The zero-order valence-corrected chi connectivity index (χ0v) is 12.7. The third-order valence-electron chi connectivity index (χ3n) is 3.86. The summed E-state index contributed by atoms with van der Waals surface area (Å²) in [6.45, 7) is 6.25. The van der Waals surface area contributed by atoms with E-state index in [0.29, 0.717) is 12.2 Å². The molecule has 5 nitrogen and oxygen atoms in total. The van der Waals surface area contributed by atoms with Gasteiger partial charge in [-0.2, -0.15) is 0 Å². The van der Waals surface area contributed by atoms with E-state index in [1.54, 1.807) is 4.90 Å². The van der Waals surface area contributed by atoms with Crippen LogP contribution in [-0.2, 0) is 9.47 Å². The van der Waals surface area contributed by atoms with Crippen molar-refractivity contribution in [3.8, 4) is 0 Å². The van der Waals surface area contributed by atoms with Gasteiger partial charge in [0.05, 0.1) is 18.7 Å². The summed E-state index contributed by atoms with van der Waals surface area (Å²) in [7, 11) is 0. The molecule has 3 rings (SSSR count). The van der Waals surface area contributed by atoms with Crippen molar-refractivity contribution < 1.29 is 14.3 Å². The van der Waals surface area contributed by atoms with Crippen molar-refractivity contribution in [3.05, 3.63) is 29.8 Å². The van der Waals surface area contributed by atoms with Gasteiger partial charge in [0.2, 0.25) is 0 Å². The van der Waals surface area contributed by atoms with Crippen LogP contribution in [0.1, 0.15) is 38.9 Å². The molecule has 2 bridgehead atoms. The normalized spacial score (nSPS) is 28.0. The van der Waals surface area contributed by atoms with E-state index in [9.17, 15) is 4.79 Å². The van der Waals surface area contributed by atoms with Crippen molar-refractivity contribution in [3.63, 3.8) is 0 Å². The topological polar surface area (TPSA) is 64.8 Å². The first-order valence-electron chi connectivity index (χ1n) is 7.34. The van der Waals surface area contributed by atoms with Crippen molar-refractivity contribution in [2.24, 2.45) is 0 Å². The van der Waals surface area contributed by atoms with Crippen LogP contribution in [0.15, 0.2) is 24.3 Å². The number of fused-ring (bicyclic) bond motifs is 2. The lowest BCUT2D eigenvalue weighted by molar-refractivity contribution is -0.0467. The Kier molecular flexibility index (Phi) is 3.32. The molecule has 0 spiro atoms. The highest BCUT2D eigenvalue weighted by Crippen LogP contribution is 2.42. The predicted octanol–water partition coefficient (Wildman–Crippen LogP) is 2.72. The average molecular weight is 290 g/mol. The Morgan fingerprint density at radius 3 is 2.81 bits per heavy atom. The molecule has 2 fully saturated rings. The highest BCUT2D eigenvalue weighted by atomic mass is 16.6. The van der Waals surface area contributed by atoms with E-state index in [1.165, 1.54) is 0 Å². The molecule has 0 unspecified atom stereocenters. The van der Waals surface area contributed by atoms with Crippen LogP contribution in [0.2, 0.25) is 0 Å². The van der Waals surface area contributed by atoms with Gasteiger partial charge in [0, 0.05) is 5.69 Å². The van der Waals surface area contributed by atoms with Gasteiger partial charge in [-0.05, 0) is 44.9 Å². The lowest BCUT2D eigenvalue weighted by Crippen LogP contribution is -2.45. The number of ether oxygens (including phenoxy) is 2. The van der Waals surface area contributed by atoms with Gasteiger partial charge in [-0.25, -0.2) is 4.79 Å². The summed E-state index contributed by atoms with van der Waals surface area (Å²) in [6, 6.07) is 7.71. The van der Waals surface area contributed by atoms with Gasteiger partial charge in [-0.3, -0.25) is 4.90 Å². The first-order valence-corrected chi connectivity index (χ1v) is 7.34. The fourth-order valence-corrected chi connectivity index (χ4v) is 3.08. The van der Waals surface area contributed by atoms with Gasteiger partial charge >= 0.3 is 6.09 Å². The number of carbonyl (C=O) groups is 1. The number of amides is 1. The summed E-state index contributed by atoms with van der Waals surface area (Å²) in [6.07, 6.45) is 0.583. The summed E-state index contributed by atoms with van der Waals surface area (Å²) in [4.78, 5) is 14.1. The predicted molar refractivity (Wildman–Crippen MR) is 79.8 cm³/mol. The smallest absolute Gasteiger partial charge is 0.410 e. The van der Waals surface area contributed by atoms with Crippen molar-refractivity contribution in [2.45, 2.75) is 51.0 Å². The number of rotatable bonds is 1. The van der Waals surface area contributed by atoms with Crippen LogP contribution >= 0.6 is 0 Å². The Labute approximate surface area is 125 Å². The minimum absolute atomic E-state index is 0.0339. The molecular formula is C16H22N2O3. The molecule has 0 saturated carbocycles. The fourth-order valence-electron chi connectivity index (χ4n) is 3.08. The molecule has 1 aromatic rings. The first kappa shape index (κ1) is 14.2. The van der Waals surface area contributed by atoms with E-state index in [2.05, 4.69) is 0 Å². The van der Waals surface area contributed by atoms with Crippen molar-refractivity contribution >= 4 is 11.8 Å². The summed E-state index contributed by atoms with van der Waals surface area (Å²) >= 11 is 0. The van der Waals surface area contributed by atoms with E-state index >= 15 is 0 Å². The number of morpholine rings is 1. The molecule has 21 heavy (non-hydrogen) atoms. The molecule has 2 aliphatic rings. The second-order valence-corrected chi connectivity index (χ2v) is 6.78. The molecule has 2 heterocycles. The Bertz CT molecular complexity index is 553. The maximum Gasteiger partial charge on any atom is 0.410 e. The quantitative estimate of drug-likeness (QED) is 0.808. The molecule has 0 radical (unpaired) electrons. The zero-order chi connectivity index (χ0) is 15.2. The number of nitrogens with two attached hydrogens (primary N) is 1. The second kappa shape index (κ2) is 4.91. The lowest BCUT2D eigenvalue weighted by Gasteiger charge is -2.34. The highest BCUT2D eigenvalue weighted by molar-refractivity contribution is 5.69. The van der Waals surface area contributed by atoms with Crippen molar-refractivity contribution in [1.29, 1.82) is 0 Å². The van der Waals surface area contributed by atoms with E-state index < -0.39 is 5.60 Å². The molecule has 0 aromatic heterocycles. The minimum Gasteiger partial charge on any atom is -0.444 e. The standard InChI is InChI=1S/C16H22N2O3/c1-16(2,3)21-15(19)18-9-12-8-13(18)14(20-12)10-5-4-6-11(17)7-10/h4-7,12-14H,8-9,17H2,1-3H3/t12-,13-,14+/m1/s1. The van der Waals surface area contributed by atoms with Gasteiger partial charge in [-0.15, -0.1) is 0 Å². The maximum absolute atomic E-state index is 12.3. The number of hydrogen-bond acceptors (Lipinski definition) is 4. The largest absolute Gasteiger partial charge is 0.444 e. The third kappa shape index (κ3) is 2.83. The third-order valence-corrected chi connectivity index (χ3v) is 3.86. The van der Waals surface area contributed by atoms with Crippen LogP contribution in [-0.4, -0.2) is 35.3 Å². The summed E-state index contributed by atoms with van der Waals surface area (Å²) in [5.41, 5.74) is 7.10. The van der Waals surface area contributed by atoms with E-state index in [-0.39, 0.29) is 24.3 Å². The lowest BCUT2D eigenvalue weighted by atomic mass is 10.0. The van der Waals surface area contributed by atoms with Crippen molar-refractivity contribution in [2.75, 3.05) is 12.3 Å². The summed E-state index contributed by atoms with van der Waals surface area (Å²) in [5, 5.41) is 0.